The van der Waals surface area contributed by atoms with Gasteiger partial charge >= 0.3 is 10.4 Å². The van der Waals surface area contributed by atoms with Gasteiger partial charge in [0.1, 0.15) is 24.4 Å². The Labute approximate surface area is 158 Å². The zero-order chi connectivity index (χ0) is 20.6. The molecule has 0 saturated carbocycles. The standard InChI is InChI=1S/C16H28O10S/c1-5-16(4)7-6-10(15(2,3)26-16)24-14-12(19)11(18)13(9(8-17)23-14)25-27(20,21)22/h5,9-14,17-19H,1,6-8H2,2-4H3,(H,20,21,22)/t9-,10+,11-,12-,13-,14+,16-/m1/s1. The van der Waals surface area contributed by atoms with Crippen LogP contribution in [0.5, 0.6) is 0 Å². The third-order valence-electron chi connectivity index (χ3n) is 4.96. The van der Waals surface area contributed by atoms with Gasteiger partial charge in [0.25, 0.3) is 0 Å². The topological polar surface area (TPSA) is 152 Å². The summed E-state index contributed by atoms with van der Waals surface area (Å²) in [5.41, 5.74) is -1.30. The van der Waals surface area contributed by atoms with Crippen LogP contribution in [0.3, 0.4) is 0 Å². The van der Waals surface area contributed by atoms with Gasteiger partial charge in [0.05, 0.1) is 23.9 Å². The average molecular weight is 412 g/mol. The van der Waals surface area contributed by atoms with Gasteiger partial charge in [-0.3, -0.25) is 4.55 Å². The van der Waals surface area contributed by atoms with Crippen LogP contribution in [0.25, 0.3) is 0 Å². The molecule has 2 aliphatic heterocycles. The lowest BCUT2D eigenvalue weighted by Crippen LogP contribution is -2.62. The molecule has 158 valence electrons. The van der Waals surface area contributed by atoms with E-state index in [1.807, 2.05) is 6.92 Å². The molecule has 0 amide bonds. The van der Waals surface area contributed by atoms with E-state index in [2.05, 4.69) is 10.8 Å². The molecule has 0 unspecified atom stereocenters. The molecule has 11 heteroatoms. The van der Waals surface area contributed by atoms with Gasteiger partial charge in [-0.2, -0.15) is 8.42 Å². The van der Waals surface area contributed by atoms with Crippen LogP contribution in [-0.2, 0) is 28.8 Å². The Balaban J connectivity index is 2.12. The largest absolute Gasteiger partial charge is 0.397 e. The Morgan fingerprint density at radius 2 is 1.89 bits per heavy atom. The van der Waals surface area contributed by atoms with E-state index in [4.69, 9.17) is 18.8 Å². The maximum absolute atomic E-state index is 10.9. The molecule has 2 heterocycles. The summed E-state index contributed by atoms with van der Waals surface area (Å²) in [5, 5.41) is 29.9. The van der Waals surface area contributed by atoms with Gasteiger partial charge in [-0.05, 0) is 33.6 Å². The zero-order valence-electron chi connectivity index (χ0n) is 15.5. The lowest BCUT2D eigenvalue weighted by Gasteiger charge is -2.49. The van der Waals surface area contributed by atoms with Gasteiger partial charge in [0, 0.05) is 0 Å². The Hall–Kier alpha value is -0.630. The summed E-state index contributed by atoms with van der Waals surface area (Å²) in [4.78, 5) is 0. The molecule has 27 heavy (non-hydrogen) atoms. The zero-order valence-corrected chi connectivity index (χ0v) is 16.3. The first-order valence-electron chi connectivity index (χ1n) is 8.59. The molecule has 7 atom stereocenters. The van der Waals surface area contributed by atoms with Crippen molar-refractivity contribution in [2.24, 2.45) is 0 Å². The normalized spacial score (nSPS) is 42.6. The summed E-state index contributed by atoms with van der Waals surface area (Å²) in [6, 6.07) is 0. The van der Waals surface area contributed by atoms with Gasteiger partial charge in [-0.25, -0.2) is 4.18 Å². The summed E-state index contributed by atoms with van der Waals surface area (Å²) in [7, 11) is -4.93. The van der Waals surface area contributed by atoms with Crippen molar-refractivity contribution in [3.8, 4) is 0 Å². The van der Waals surface area contributed by atoms with Crippen LogP contribution >= 0.6 is 0 Å². The van der Waals surface area contributed by atoms with E-state index in [1.165, 1.54) is 0 Å². The second kappa shape index (κ2) is 8.01. The lowest BCUT2D eigenvalue weighted by molar-refractivity contribution is -0.332. The molecule has 0 radical (unpaired) electrons. The van der Waals surface area contributed by atoms with Crippen LogP contribution in [0.4, 0.5) is 0 Å². The molecule has 0 bridgehead atoms. The predicted molar refractivity (Wildman–Crippen MR) is 92.1 cm³/mol. The van der Waals surface area contributed by atoms with E-state index in [0.29, 0.717) is 12.8 Å². The highest BCUT2D eigenvalue weighted by atomic mass is 32.3. The van der Waals surface area contributed by atoms with E-state index in [0.717, 1.165) is 0 Å². The second-order valence-corrected chi connectivity index (χ2v) is 8.63. The number of aliphatic hydroxyl groups is 3. The number of hydrogen-bond donors (Lipinski definition) is 4. The van der Waals surface area contributed by atoms with Crippen molar-refractivity contribution in [3.63, 3.8) is 0 Å². The summed E-state index contributed by atoms with van der Waals surface area (Å²) in [6.07, 6.45) is -5.52. The first-order valence-corrected chi connectivity index (χ1v) is 9.96. The first-order chi connectivity index (χ1) is 12.3. The number of aliphatic hydroxyl groups excluding tert-OH is 3. The Kier molecular flexibility index (Phi) is 6.72. The Morgan fingerprint density at radius 1 is 1.26 bits per heavy atom. The maximum Gasteiger partial charge on any atom is 0.397 e. The molecular weight excluding hydrogens is 384 g/mol. The van der Waals surface area contributed by atoms with Crippen molar-refractivity contribution in [1.29, 1.82) is 0 Å². The molecule has 2 saturated heterocycles. The molecule has 4 N–H and O–H groups in total. The van der Waals surface area contributed by atoms with Gasteiger partial charge in [-0.15, -0.1) is 6.58 Å². The first kappa shape index (κ1) is 22.7. The molecule has 10 nitrogen and oxygen atoms in total. The fraction of sp³-hybridized carbons (Fsp3) is 0.875. The highest BCUT2D eigenvalue weighted by molar-refractivity contribution is 7.80. The molecule has 2 aliphatic rings. The summed E-state index contributed by atoms with van der Waals surface area (Å²) in [5.74, 6) is 0. The predicted octanol–water partition coefficient (Wildman–Crippen LogP) is -0.468. The molecule has 0 aromatic heterocycles. The third-order valence-corrected chi connectivity index (χ3v) is 5.42. The monoisotopic (exact) mass is 412 g/mol. The lowest BCUT2D eigenvalue weighted by atomic mass is 9.85. The van der Waals surface area contributed by atoms with Crippen LogP contribution in [0.1, 0.15) is 33.6 Å². The fourth-order valence-corrected chi connectivity index (χ4v) is 3.96. The van der Waals surface area contributed by atoms with E-state index in [-0.39, 0.29) is 0 Å². The second-order valence-electron chi connectivity index (χ2n) is 7.58. The minimum absolute atomic E-state index is 0.518. The van der Waals surface area contributed by atoms with Crippen LogP contribution in [0.2, 0.25) is 0 Å². The van der Waals surface area contributed by atoms with E-state index in [9.17, 15) is 23.7 Å². The van der Waals surface area contributed by atoms with Crippen molar-refractivity contribution in [2.45, 2.75) is 81.6 Å². The minimum Gasteiger partial charge on any atom is -0.394 e. The van der Waals surface area contributed by atoms with Crippen molar-refractivity contribution < 1.29 is 46.7 Å². The molecule has 0 aromatic carbocycles. The van der Waals surface area contributed by atoms with Gasteiger partial charge in [0.15, 0.2) is 6.29 Å². The van der Waals surface area contributed by atoms with E-state index < -0.39 is 65.0 Å². The summed E-state index contributed by atoms with van der Waals surface area (Å²) >= 11 is 0. The van der Waals surface area contributed by atoms with Gasteiger partial charge in [0.2, 0.25) is 0 Å². The van der Waals surface area contributed by atoms with Crippen LogP contribution in [0, 0.1) is 0 Å². The van der Waals surface area contributed by atoms with E-state index in [1.54, 1.807) is 19.9 Å². The average Bonchev–Trinajstić information content (AvgIpc) is 2.55. The highest BCUT2D eigenvalue weighted by Gasteiger charge is 2.50. The molecule has 0 aliphatic carbocycles. The quantitative estimate of drug-likeness (QED) is 0.333. The Morgan fingerprint density at radius 3 is 2.37 bits per heavy atom. The summed E-state index contributed by atoms with van der Waals surface area (Å²) < 4.78 is 52.3. The van der Waals surface area contributed by atoms with Gasteiger partial charge < -0.3 is 29.5 Å². The fourth-order valence-electron chi connectivity index (χ4n) is 3.44. The third kappa shape index (κ3) is 5.25. The molecule has 2 rings (SSSR count). The number of rotatable bonds is 6. The van der Waals surface area contributed by atoms with Gasteiger partial charge in [-0.1, -0.05) is 6.08 Å². The molecular formula is C16H28O10S. The smallest absolute Gasteiger partial charge is 0.394 e. The van der Waals surface area contributed by atoms with Crippen LogP contribution in [0.15, 0.2) is 12.7 Å². The van der Waals surface area contributed by atoms with Crippen molar-refractivity contribution in [2.75, 3.05) is 6.61 Å². The van der Waals surface area contributed by atoms with Crippen LogP contribution in [-0.4, -0.2) is 82.9 Å². The summed E-state index contributed by atoms with van der Waals surface area (Å²) in [6.45, 7) is 8.54. The Bertz CT molecular complexity index is 633. The van der Waals surface area contributed by atoms with E-state index >= 15 is 0 Å². The molecule has 0 spiro atoms. The number of hydrogen-bond acceptors (Lipinski definition) is 9. The van der Waals surface area contributed by atoms with Crippen LogP contribution < -0.4 is 0 Å². The van der Waals surface area contributed by atoms with Crippen molar-refractivity contribution in [1.82, 2.24) is 0 Å². The minimum atomic E-state index is -4.93. The SMILES string of the molecule is C=C[C@]1(C)CC[C@H](O[C@@H]2O[C@H](CO)[C@@H](OS(=O)(=O)O)[C@H](O)[C@H]2O)C(C)(C)O1. The highest BCUT2D eigenvalue weighted by Crippen LogP contribution is 2.39. The van der Waals surface area contributed by atoms with Crippen molar-refractivity contribution in [3.05, 3.63) is 12.7 Å². The number of ether oxygens (including phenoxy) is 3. The maximum atomic E-state index is 10.9. The van der Waals surface area contributed by atoms with Crippen molar-refractivity contribution >= 4 is 10.4 Å². The molecule has 0 aromatic rings. The molecule has 2 fully saturated rings.